The van der Waals surface area contributed by atoms with Crippen molar-refractivity contribution >= 4 is 10.8 Å². The molecular weight excluding hydrogens is 516 g/mol. The Labute approximate surface area is 223 Å². The highest BCUT2D eigenvalue weighted by Gasteiger charge is 2.71. The lowest BCUT2D eigenvalue weighted by atomic mass is 9.89. The van der Waals surface area contributed by atoms with Gasteiger partial charge in [0.25, 0.3) is 5.60 Å². The molecule has 0 aromatic heterocycles. The summed E-state index contributed by atoms with van der Waals surface area (Å²) < 4.78 is 77.8. The van der Waals surface area contributed by atoms with Crippen molar-refractivity contribution < 1.29 is 31.4 Å². The second-order valence-corrected chi connectivity index (χ2v) is 9.83. The Morgan fingerprint density at radius 3 is 1.95 bits per heavy atom. The lowest BCUT2D eigenvalue weighted by molar-refractivity contribution is -0.376. The molecule has 0 amide bonds. The third kappa shape index (κ3) is 6.28. The number of hydrogen-bond acceptors (Lipinski definition) is 2. The second-order valence-electron chi connectivity index (χ2n) is 9.83. The molecule has 4 aromatic rings. The van der Waals surface area contributed by atoms with Crippen molar-refractivity contribution in [2.24, 2.45) is 0 Å². The zero-order chi connectivity index (χ0) is 28.3. The molecule has 8 heteroatoms. The Kier molecular flexibility index (Phi) is 8.37. The van der Waals surface area contributed by atoms with Crippen LogP contribution in [0.4, 0.5) is 26.3 Å². The molecule has 1 atom stereocenters. The first-order chi connectivity index (χ1) is 18.4. The summed E-state index contributed by atoms with van der Waals surface area (Å²) in [5.41, 5.74) is -2.96. The fraction of sp³-hybridized carbons (Fsp3) is 0.290. The average Bonchev–Trinajstić information content (AvgIpc) is 3.37. The van der Waals surface area contributed by atoms with Crippen LogP contribution in [0.5, 0.6) is 0 Å². The molecule has 39 heavy (non-hydrogen) atoms. The van der Waals surface area contributed by atoms with Crippen LogP contribution in [0.1, 0.15) is 34.6 Å². The van der Waals surface area contributed by atoms with E-state index in [0.29, 0.717) is 12.1 Å². The predicted molar refractivity (Wildman–Crippen MR) is 140 cm³/mol. The summed E-state index contributed by atoms with van der Waals surface area (Å²) in [6.45, 7) is 4.33. The normalized spacial score (nSPS) is 16.7. The molecule has 4 aromatic carbocycles. The summed E-state index contributed by atoms with van der Waals surface area (Å²) in [5, 5.41) is 12.1. The highest BCUT2D eigenvalue weighted by atomic mass is 19.4. The van der Waals surface area contributed by atoms with Crippen LogP contribution < -0.4 is 0 Å². The van der Waals surface area contributed by atoms with Gasteiger partial charge in [-0.2, -0.15) is 26.3 Å². The van der Waals surface area contributed by atoms with Crippen molar-refractivity contribution in [3.05, 3.63) is 119 Å². The second kappa shape index (κ2) is 11.4. The first kappa shape index (κ1) is 28.6. The first-order valence-corrected chi connectivity index (χ1v) is 12.6. The summed E-state index contributed by atoms with van der Waals surface area (Å²) in [4.78, 5) is 2.19. The van der Waals surface area contributed by atoms with Crippen LogP contribution in [0.25, 0.3) is 10.8 Å². The number of likely N-dealkylation sites (tertiary alicyclic amines) is 1. The Bertz CT molecular complexity index is 1350. The summed E-state index contributed by atoms with van der Waals surface area (Å²) in [6.07, 6.45) is -11.0. The molecule has 2 nitrogen and oxygen atoms in total. The van der Waals surface area contributed by atoms with E-state index in [1.54, 1.807) is 0 Å². The van der Waals surface area contributed by atoms with E-state index in [-0.39, 0.29) is 5.92 Å². The van der Waals surface area contributed by atoms with E-state index in [4.69, 9.17) is 0 Å². The van der Waals surface area contributed by atoms with Gasteiger partial charge in [0.2, 0.25) is 0 Å². The van der Waals surface area contributed by atoms with E-state index < -0.39 is 23.5 Å². The van der Waals surface area contributed by atoms with Gasteiger partial charge in [-0.1, -0.05) is 97.1 Å². The van der Waals surface area contributed by atoms with Crippen LogP contribution in [0.2, 0.25) is 0 Å². The van der Waals surface area contributed by atoms with E-state index in [9.17, 15) is 31.4 Å². The van der Waals surface area contributed by atoms with Crippen LogP contribution in [-0.2, 0) is 12.1 Å². The minimum absolute atomic E-state index is 0.0163. The van der Waals surface area contributed by atoms with E-state index >= 15 is 0 Å². The maximum absolute atomic E-state index is 13.0. The predicted octanol–water partition coefficient (Wildman–Crippen LogP) is 8.14. The number of alkyl halides is 6. The molecule has 0 saturated carbocycles. The van der Waals surface area contributed by atoms with Crippen molar-refractivity contribution in [3.63, 3.8) is 0 Å². The lowest BCUT2D eigenvalue weighted by Gasteiger charge is -2.32. The summed E-state index contributed by atoms with van der Waals surface area (Å²) >= 11 is 0. The quantitative estimate of drug-likeness (QED) is 0.262. The topological polar surface area (TPSA) is 23.5 Å². The van der Waals surface area contributed by atoms with Crippen LogP contribution in [0, 0.1) is 6.92 Å². The molecule has 1 fully saturated rings. The number of nitrogens with zero attached hydrogens (tertiary/aromatic N) is 1. The molecule has 1 aliphatic rings. The van der Waals surface area contributed by atoms with Gasteiger partial charge in [-0.25, -0.2) is 0 Å². The number of hydrogen-bond donors (Lipinski definition) is 1. The highest BCUT2D eigenvalue weighted by Crippen LogP contribution is 2.50. The van der Waals surface area contributed by atoms with Gasteiger partial charge in [0.15, 0.2) is 0 Å². The van der Waals surface area contributed by atoms with Crippen molar-refractivity contribution in [2.45, 2.75) is 43.8 Å². The first-order valence-electron chi connectivity index (χ1n) is 12.6. The monoisotopic (exact) mass is 545 g/mol. The van der Waals surface area contributed by atoms with Crippen molar-refractivity contribution in [2.75, 3.05) is 13.1 Å². The van der Waals surface area contributed by atoms with Gasteiger partial charge in [-0.15, -0.1) is 0 Å². The maximum atomic E-state index is 13.0. The van der Waals surface area contributed by atoms with Crippen molar-refractivity contribution in [1.29, 1.82) is 0 Å². The number of aliphatic hydroxyl groups is 1. The molecule has 5 rings (SSSR count). The van der Waals surface area contributed by atoms with Gasteiger partial charge in [0.1, 0.15) is 0 Å². The van der Waals surface area contributed by atoms with Crippen LogP contribution in [0.15, 0.2) is 97.1 Å². The number of fused-ring (bicyclic) bond motifs is 1. The summed E-state index contributed by atoms with van der Waals surface area (Å²) in [5.74, 6) is 0.0163. The SMILES string of the molecule is Cc1cccc2ccccc12.OC(c1ccc(C2CCN(Cc3ccccc3)C2)cc1)(C(F)(F)F)C(F)(F)F. The van der Waals surface area contributed by atoms with Crippen LogP contribution in [-0.4, -0.2) is 35.4 Å². The van der Waals surface area contributed by atoms with Crippen LogP contribution in [0.3, 0.4) is 0 Å². The number of halogens is 6. The van der Waals surface area contributed by atoms with Gasteiger partial charge < -0.3 is 5.11 Å². The molecule has 1 aliphatic heterocycles. The molecule has 206 valence electrons. The van der Waals surface area contributed by atoms with Gasteiger partial charge in [-0.05, 0) is 53.3 Å². The molecular formula is C31H29F6NO. The molecule has 1 saturated heterocycles. The van der Waals surface area contributed by atoms with Crippen molar-refractivity contribution in [3.8, 4) is 0 Å². The Balaban J connectivity index is 0.000000265. The fourth-order valence-corrected chi connectivity index (χ4v) is 4.96. The van der Waals surface area contributed by atoms with E-state index in [1.807, 2.05) is 30.3 Å². The minimum atomic E-state index is -5.87. The number of rotatable bonds is 4. The van der Waals surface area contributed by atoms with Gasteiger partial charge in [0.05, 0.1) is 0 Å². The molecule has 1 heterocycles. The Hall–Kier alpha value is -3.36. The van der Waals surface area contributed by atoms with E-state index in [0.717, 1.165) is 37.2 Å². The molecule has 1 unspecified atom stereocenters. The molecule has 0 aliphatic carbocycles. The lowest BCUT2D eigenvalue weighted by Crippen LogP contribution is -2.53. The number of benzene rings is 4. The van der Waals surface area contributed by atoms with Gasteiger partial charge in [-0.3, -0.25) is 4.90 Å². The van der Waals surface area contributed by atoms with Crippen LogP contribution >= 0.6 is 0 Å². The zero-order valence-corrected chi connectivity index (χ0v) is 21.3. The van der Waals surface area contributed by atoms with Gasteiger partial charge in [0, 0.05) is 18.7 Å². The van der Waals surface area contributed by atoms with Gasteiger partial charge >= 0.3 is 12.4 Å². The Morgan fingerprint density at radius 1 is 0.744 bits per heavy atom. The third-order valence-electron chi connectivity index (χ3n) is 7.15. The molecule has 0 spiro atoms. The van der Waals surface area contributed by atoms with E-state index in [1.165, 1.54) is 28.5 Å². The Morgan fingerprint density at radius 2 is 1.33 bits per heavy atom. The summed E-state index contributed by atoms with van der Waals surface area (Å²) in [7, 11) is 0. The zero-order valence-electron chi connectivity index (χ0n) is 21.3. The maximum Gasteiger partial charge on any atom is 0.430 e. The average molecular weight is 546 g/mol. The number of aryl methyl sites for hydroxylation is 1. The highest BCUT2D eigenvalue weighted by molar-refractivity contribution is 5.85. The smallest absolute Gasteiger partial charge is 0.369 e. The molecule has 0 radical (unpaired) electrons. The van der Waals surface area contributed by atoms with Crippen molar-refractivity contribution in [1.82, 2.24) is 4.90 Å². The molecule has 1 N–H and O–H groups in total. The molecule has 0 bridgehead atoms. The minimum Gasteiger partial charge on any atom is -0.369 e. The fourth-order valence-electron chi connectivity index (χ4n) is 4.96. The summed E-state index contributed by atoms with van der Waals surface area (Å²) in [6, 6.07) is 28.5. The van der Waals surface area contributed by atoms with E-state index in [2.05, 4.69) is 54.3 Å². The largest absolute Gasteiger partial charge is 0.430 e. The third-order valence-corrected chi connectivity index (χ3v) is 7.15. The standard InChI is InChI=1S/C20H19F6NO.C11H10/c21-19(22,23)18(28,20(24,25)26)17-8-6-15(7-9-17)16-10-11-27(13-16)12-14-4-2-1-3-5-14;1-9-5-4-7-10-6-2-3-8-11(9)10/h1-9,16,28H,10-13H2;2-8H,1H3.